The summed E-state index contributed by atoms with van der Waals surface area (Å²) < 4.78 is 0. The van der Waals surface area contributed by atoms with Crippen LogP contribution < -0.4 is 16.0 Å². The molecule has 0 saturated carbocycles. The molecule has 1 unspecified atom stereocenters. The number of carbonyl (C=O) groups is 2. The number of hydrogen-bond acceptors (Lipinski definition) is 6. The first kappa shape index (κ1) is 21.3. The van der Waals surface area contributed by atoms with Crippen LogP contribution in [0.15, 0.2) is 24.3 Å². The molecule has 4 rings (SSSR count). The minimum atomic E-state index is -0.168. The van der Waals surface area contributed by atoms with Gasteiger partial charge in [0.25, 0.3) is 0 Å². The third-order valence-electron chi connectivity index (χ3n) is 6.96. The first-order valence-electron chi connectivity index (χ1n) is 11.4. The van der Waals surface area contributed by atoms with Crippen LogP contribution in [0.25, 0.3) is 0 Å². The van der Waals surface area contributed by atoms with Gasteiger partial charge < -0.3 is 10.6 Å². The molecule has 1 aromatic rings. The van der Waals surface area contributed by atoms with Gasteiger partial charge in [0.2, 0.25) is 11.8 Å². The van der Waals surface area contributed by atoms with Crippen molar-refractivity contribution in [3.63, 3.8) is 0 Å². The maximum absolute atomic E-state index is 11.6. The number of benzene rings is 1. The molecular weight excluding hydrogens is 378 g/mol. The number of nitrogens with zero attached hydrogens (tertiary/aromatic N) is 3. The summed E-state index contributed by atoms with van der Waals surface area (Å²) in [6, 6.07) is 9.42. The summed E-state index contributed by atoms with van der Waals surface area (Å²) in [5.41, 5.74) is 8.34. The topological polar surface area (TPSA) is 81.9 Å². The van der Waals surface area contributed by atoms with Gasteiger partial charge in [-0.1, -0.05) is 12.1 Å². The van der Waals surface area contributed by atoms with Crippen LogP contribution in [0, 0.1) is 0 Å². The molecule has 0 bridgehead atoms. The quantitative estimate of drug-likeness (QED) is 0.705. The summed E-state index contributed by atoms with van der Waals surface area (Å²) in [5.74, 6) is -0.334. The fraction of sp³-hybridized carbons (Fsp3) is 0.652. The van der Waals surface area contributed by atoms with Crippen LogP contribution in [0.2, 0.25) is 0 Å². The van der Waals surface area contributed by atoms with Gasteiger partial charge in [0, 0.05) is 69.3 Å². The highest BCUT2D eigenvalue weighted by molar-refractivity contribution is 5.98. The Kier molecular flexibility index (Phi) is 6.71. The Morgan fingerprint density at radius 1 is 0.967 bits per heavy atom. The van der Waals surface area contributed by atoms with E-state index in [1.165, 1.54) is 5.69 Å². The van der Waals surface area contributed by atoms with E-state index in [9.17, 15) is 9.59 Å². The van der Waals surface area contributed by atoms with Crippen molar-refractivity contribution >= 4 is 17.5 Å². The van der Waals surface area contributed by atoms with Gasteiger partial charge in [0.05, 0.1) is 0 Å². The molecule has 2 amide bonds. The molecule has 3 heterocycles. The summed E-state index contributed by atoms with van der Waals surface area (Å²) in [6.07, 6.45) is 3.03. The van der Waals surface area contributed by atoms with Crippen molar-refractivity contribution in [2.24, 2.45) is 5.73 Å². The number of nitrogens with one attached hydrogen (secondary N) is 1. The second-order valence-electron chi connectivity index (χ2n) is 9.18. The molecule has 7 nitrogen and oxygen atoms in total. The van der Waals surface area contributed by atoms with E-state index in [0.717, 1.165) is 64.2 Å². The molecule has 1 atom stereocenters. The Labute approximate surface area is 179 Å². The van der Waals surface area contributed by atoms with Crippen LogP contribution >= 0.6 is 0 Å². The number of piperidine rings is 2. The molecular formula is C23H35N5O2. The number of amides is 2. The van der Waals surface area contributed by atoms with Crippen molar-refractivity contribution in [2.75, 3.05) is 50.7 Å². The lowest BCUT2D eigenvalue weighted by Crippen LogP contribution is -2.52. The monoisotopic (exact) mass is 413 g/mol. The number of rotatable bonds is 5. The minimum absolute atomic E-state index is 0.00275. The van der Waals surface area contributed by atoms with E-state index in [1.54, 1.807) is 0 Å². The molecule has 0 aliphatic carbocycles. The molecule has 3 aliphatic heterocycles. The van der Waals surface area contributed by atoms with E-state index < -0.39 is 0 Å². The van der Waals surface area contributed by atoms with Gasteiger partial charge in [0.1, 0.15) is 0 Å². The Balaban J connectivity index is 1.26. The number of likely N-dealkylation sites (tertiary alicyclic amines) is 1. The molecule has 0 spiro atoms. The molecule has 3 aliphatic rings. The Bertz CT molecular complexity index is 720. The van der Waals surface area contributed by atoms with E-state index in [1.807, 2.05) is 0 Å². The number of imide groups is 1. The van der Waals surface area contributed by atoms with E-state index in [2.05, 4.69) is 51.2 Å². The Hall–Kier alpha value is -1.96. The minimum Gasteiger partial charge on any atom is -0.369 e. The number of hydrogen-bond donors (Lipinski definition) is 2. The molecule has 0 aromatic heterocycles. The van der Waals surface area contributed by atoms with Gasteiger partial charge in [-0.25, -0.2) is 0 Å². The molecule has 7 heteroatoms. The highest BCUT2D eigenvalue weighted by Gasteiger charge is 2.27. The molecule has 3 saturated heterocycles. The molecule has 1 aromatic carbocycles. The first-order chi connectivity index (χ1) is 14.5. The van der Waals surface area contributed by atoms with Crippen LogP contribution in [0.3, 0.4) is 0 Å². The molecule has 3 fully saturated rings. The lowest BCUT2D eigenvalue weighted by molar-refractivity contribution is -0.133. The van der Waals surface area contributed by atoms with Gasteiger partial charge in [-0.2, -0.15) is 0 Å². The van der Waals surface area contributed by atoms with Crippen LogP contribution in [0.1, 0.15) is 44.1 Å². The van der Waals surface area contributed by atoms with Crippen LogP contribution in [-0.4, -0.2) is 79.5 Å². The van der Waals surface area contributed by atoms with E-state index in [0.29, 0.717) is 24.9 Å². The van der Waals surface area contributed by atoms with Crippen molar-refractivity contribution in [1.82, 2.24) is 15.1 Å². The van der Waals surface area contributed by atoms with Crippen molar-refractivity contribution < 1.29 is 9.59 Å². The van der Waals surface area contributed by atoms with Crippen LogP contribution in [0.4, 0.5) is 5.69 Å². The maximum Gasteiger partial charge on any atom is 0.227 e. The number of anilines is 1. The second-order valence-corrected chi connectivity index (χ2v) is 9.18. The number of piperazine rings is 1. The van der Waals surface area contributed by atoms with Gasteiger partial charge in [-0.05, 0) is 50.6 Å². The number of nitrogens with two attached hydrogens (primary N) is 1. The van der Waals surface area contributed by atoms with Gasteiger partial charge in [0.15, 0.2) is 0 Å². The third-order valence-corrected chi connectivity index (χ3v) is 6.96. The standard InChI is InChI=1S/C23H35N5O2/c1-17(27-8-6-20(24)7-9-27)16-26-10-12-28(13-11-26)21-4-2-18(3-5-21)19-14-22(29)25-23(30)15-19/h2-5,17,19-20H,6-16,24H2,1H3,(H,25,29,30). The van der Waals surface area contributed by atoms with E-state index in [4.69, 9.17) is 5.73 Å². The second kappa shape index (κ2) is 9.45. The van der Waals surface area contributed by atoms with Crippen molar-refractivity contribution in [3.05, 3.63) is 29.8 Å². The predicted octanol–water partition coefficient (Wildman–Crippen LogP) is 1.14. The molecule has 0 radical (unpaired) electrons. The van der Waals surface area contributed by atoms with E-state index >= 15 is 0 Å². The fourth-order valence-electron chi connectivity index (χ4n) is 5.01. The molecule has 164 valence electrons. The zero-order chi connectivity index (χ0) is 21.1. The van der Waals surface area contributed by atoms with Crippen molar-refractivity contribution in [1.29, 1.82) is 0 Å². The first-order valence-corrected chi connectivity index (χ1v) is 11.4. The average Bonchev–Trinajstić information content (AvgIpc) is 2.74. The zero-order valence-corrected chi connectivity index (χ0v) is 18.1. The van der Waals surface area contributed by atoms with Gasteiger partial charge in [-0.3, -0.25) is 24.7 Å². The summed E-state index contributed by atoms with van der Waals surface area (Å²) in [6.45, 7) is 9.94. The third kappa shape index (κ3) is 5.20. The summed E-state index contributed by atoms with van der Waals surface area (Å²) in [5, 5.41) is 2.38. The maximum atomic E-state index is 11.6. The smallest absolute Gasteiger partial charge is 0.227 e. The normalized spacial score (nSPS) is 24.1. The average molecular weight is 414 g/mol. The summed E-state index contributed by atoms with van der Waals surface area (Å²) in [7, 11) is 0. The zero-order valence-electron chi connectivity index (χ0n) is 18.1. The molecule has 30 heavy (non-hydrogen) atoms. The lowest BCUT2D eigenvalue weighted by atomic mass is 9.89. The van der Waals surface area contributed by atoms with Gasteiger partial charge >= 0.3 is 0 Å². The summed E-state index contributed by atoms with van der Waals surface area (Å²) >= 11 is 0. The molecule has 3 N–H and O–H groups in total. The van der Waals surface area contributed by atoms with Gasteiger partial charge in [-0.15, -0.1) is 0 Å². The predicted molar refractivity (Wildman–Crippen MR) is 118 cm³/mol. The van der Waals surface area contributed by atoms with Crippen LogP contribution in [-0.2, 0) is 9.59 Å². The summed E-state index contributed by atoms with van der Waals surface area (Å²) in [4.78, 5) is 30.9. The van der Waals surface area contributed by atoms with E-state index in [-0.39, 0.29) is 17.7 Å². The fourth-order valence-corrected chi connectivity index (χ4v) is 5.01. The van der Waals surface area contributed by atoms with Crippen molar-refractivity contribution in [2.45, 2.75) is 50.6 Å². The highest BCUT2D eigenvalue weighted by Crippen LogP contribution is 2.28. The van der Waals surface area contributed by atoms with Crippen molar-refractivity contribution in [3.8, 4) is 0 Å². The SMILES string of the molecule is CC(CN1CCN(c2ccc(C3CC(=O)NC(=O)C3)cc2)CC1)N1CCC(N)CC1. The lowest BCUT2D eigenvalue weighted by Gasteiger charge is -2.41. The number of carbonyl (C=O) groups excluding carboxylic acids is 2. The highest BCUT2D eigenvalue weighted by atomic mass is 16.2. The Morgan fingerprint density at radius 2 is 1.57 bits per heavy atom. The van der Waals surface area contributed by atoms with Crippen LogP contribution in [0.5, 0.6) is 0 Å². The Morgan fingerprint density at radius 3 is 2.17 bits per heavy atom. The largest absolute Gasteiger partial charge is 0.369 e.